The first-order valence-electron chi connectivity index (χ1n) is 16.8. The minimum absolute atomic E-state index is 0.844. The minimum atomic E-state index is 0.844. The summed E-state index contributed by atoms with van der Waals surface area (Å²) in [5.41, 5.74) is 19.6. The van der Waals surface area contributed by atoms with Crippen LogP contribution in [0, 0.1) is 0 Å². The molecule has 4 aliphatic rings. The average Bonchev–Trinajstić information content (AvgIpc) is 3.81. The first-order valence-corrected chi connectivity index (χ1v) is 16.8. The lowest BCUT2D eigenvalue weighted by Crippen LogP contribution is -2.15. The van der Waals surface area contributed by atoms with Gasteiger partial charge in [0.2, 0.25) is 0 Å². The van der Waals surface area contributed by atoms with Crippen molar-refractivity contribution < 1.29 is 5.11 Å². The fourth-order valence-electron chi connectivity index (χ4n) is 7.39. The van der Waals surface area contributed by atoms with Gasteiger partial charge in [0.1, 0.15) is 0 Å². The predicted octanol–water partition coefficient (Wildman–Crippen LogP) is 10.9. The maximum absolute atomic E-state index is 9.79. The summed E-state index contributed by atoms with van der Waals surface area (Å²) in [5.74, 6) is 0. The Balaban J connectivity index is 1.97. The molecule has 0 fully saturated rings. The monoisotopic (exact) mass is 588 g/mol. The van der Waals surface area contributed by atoms with E-state index in [1.165, 1.54) is 44.6 Å². The maximum Gasteiger partial charge on any atom is 0.0791 e. The van der Waals surface area contributed by atoms with E-state index in [-0.39, 0.29) is 0 Å². The van der Waals surface area contributed by atoms with Gasteiger partial charge >= 0.3 is 0 Å². The second-order valence-corrected chi connectivity index (χ2v) is 11.5. The molecule has 0 unspecified atom stereocenters. The fraction of sp³-hybridized carbons (Fsp3) is 0.410. The summed E-state index contributed by atoms with van der Waals surface area (Å²) in [6, 6.07) is 4.37. The molecule has 0 aromatic carbocycles. The molecule has 5 nitrogen and oxygen atoms in total. The van der Waals surface area contributed by atoms with E-state index in [2.05, 4.69) is 78.6 Å². The van der Waals surface area contributed by atoms with Gasteiger partial charge in [-0.05, 0) is 115 Å². The Labute approximate surface area is 263 Å². The molecule has 44 heavy (non-hydrogen) atoms. The van der Waals surface area contributed by atoms with Gasteiger partial charge < -0.3 is 10.1 Å². The van der Waals surface area contributed by atoms with Gasteiger partial charge in [-0.25, -0.2) is 15.0 Å². The third-order valence-electron chi connectivity index (χ3n) is 9.38. The standard InChI is InChI=1S/C39H48N4O/c1-9-24-25(10-2)38-32(18-17-21-44)39-29(14-6)28(13-5)37(43-39)31(16-8)36-27(12-4)26(11-3)35(42-36)30(15-7)33-20-19-23(40-33)22-34(24)41-38/h17-22,40,44H,9-16H2,1-8H3. The number of fused-ring (bicyclic) bond motifs is 5. The Hall–Kier alpha value is -3.99. The van der Waals surface area contributed by atoms with Crippen LogP contribution in [0.25, 0.3) is 11.6 Å². The van der Waals surface area contributed by atoms with E-state index in [1.807, 2.05) is 6.08 Å². The van der Waals surface area contributed by atoms with Crippen molar-refractivity contribution in [3.63, 3.8) is 0 Å². The van der Waals surface area contributed by atoms with Crippen molar-refractivity contribution in [2.24, 2.45) is 15.0 Å². The molecule has 1 aromatic rings. The number of nitrogens with zero attached hydrogens (tertiary/aromatic N) is 3. The molecule has 5 heterocycles. The Bertz CT molecular complexity index is 1720. The van der Waals surface area contributed by atoms with Crippen LogP contribution in [-0.4, -0.2) is 27.2 Å². The van der Waals surface area contributed by atoms with Gasteiger partial charge in [-0.1, -0.05) is 55.4 Å². The molecule has 2 N–H and O–H groups in total. The van der Waals surface area contributed by atoms with E-state index >= 15 is 0 Å². The summed E-state index contributed by atoms with van der Waals surface area (Å²) in [4.78, 5) is 20.1. The summed E-state index contributed by atoms with van der Waals surface area (Å²) < 4.78 is 0. The maximum atomic E-state index is 9.79. The van der Waals surface area contributed by atoms with Crippen molar-refractivity contribution >= 4 is 28.8 Å². The second-order valence-electron chi connectivity index (χ2n) is 11.5. The molecule has 5 rings (SSSR count). The first-order chi connectivity index (χ1) is 21.4. The summed E-state index contributed by atoms with van der Waals surface area (Å²) in [5, 5.41) is 9.79. The number of aliphatic imine (C=N–C) groups is 3. The number of aromatic nitrogens is 1. The summed E-state index contributed by atoms with van der Waals surface area (Å²) in [6.45, 7) is 17.9. The van der Waals surface area contributed by atoms with Crippen LogP contribution in [0.2, 0.25) is 0 Å². The highest BCUT2D eigenvalue weighted by Crippen LogP contribution is 2.44. The number of allylic oxidation sites excluding steroid dienone is 11. The number of hydrogen-bond donors (Lipinski definition) is 2. The highest BCUT2D eigenvalue weighted by molar-refractivity contribution is 6.37. The molecule has 230 valence electrons. The lowest BCUT2D eigenvalue weighted by Gasteiger charge is -2.14. The van der Waals surface area contributed by atoms with E-state index < -0.39 is 0 Å². The molecule has 0 aliphatic carbocycles. The number of nitrogens with one attached hydrogen (secondary N) is 1. The van der Waals surface area contributed by atoms with Crippen molar-refractivity contribution in [3.05, 3.63) is 104 Å². The van der Waals surface area contributed by atoms with E-state index in [9.17, 15) is 5.11 Å². The number of aliphatic hydroxyl groups is 1. The molecule has 5 heteroatoms. The minimum Gasteiger partial charge on any atom is -0.516 e. The van der Waals surface area contributed by atoms with Gasteiger partial charge in [-0.3, -0.25) is 0 Å². The summed E-state index contributed by atoms with van der Waals surface area (Å²) in [6.07, 6.45) is 14.1. The zero-order valence-electron chi connectivity index (χ0n) is 27.9. The largest absolute Gasteiger partial charge is 0.516 e. The molecule has 0 saturated carbocycles. The van der Waals surface area contributed by atoms with Crippen molar-refractivity contribution in [1.82, 2.24) is 4.98 Å². The normalized spacial score (nSPS) is 19.8. The van der Waals surface area contributed by atoms with E-state index in [0.29, 0.717) is 0 Å². The molecular weight excluding hydrogens is 540 g/mol. The SMILES string of the molecule is CCC1=C(CC)C2=NC1=Cc1ccc([nH]1)C(CC)=C1N=C(C(CC)=C1CC)C(CC)=C1N=C(C2=CC=CO)C(CC)=C1CC. The molecule has 4 aliphatic heterocycles. The lowest BCUT2D eigenvalue weighted by molar-refractivity contribution is 0.473. The third-order valence-corrected chi connectivity index (χ3v) is 9.38. The van der Waals surface area contributed by atoms with E-state index in [1.54, 1.807) is 6.08 Å². The first kappa shape index (κ1) is 31.4. The molecule has 0 saturated heterocycles. The van der Waals surface area contributed by atoms with Crippen LogP contribution in [0.15, 0.2) is 107 Å². The third kappa shape index (κ3) is 5.10. The topological polar surface area (TPSA) is 73.1 Å². The van der Waals surface area contributed by atoms with Crippen LogP contribution in [0.5, 0.6) is 0 Å². The molecule has 0 amide bonds. The van der Waals surface area contributed by atoms with Crippen molar-refractivity contribution in [2.75, 3.05) is 0 Å². The molecule has 0 spiro atoms. The quantitative estimate of drug-likeness (QED) is 0.277. The predicted molar refractivity (Wildman–Crippen MR) is 188 cm³/mol. The molecule has 0 atom stereocenters. The van der Waals surface area contributed by atoms with Gasteiger partial charge in [0, 0.05) is 28.1 Å². The number of aliphatic hydroxyl groups excluding tert-OH is 1. The van der Waals surface area contributed by atoms with Crippen molar-refractivity contribution in [1.29, 1.82) is 0 Å². The Kier molecular flexibility index (Phi) is 9.53. The summed E-state index contributed by atoms with van der Waals surface area (Å²) >= 11 is 0. The zero-order valence-corrected chi connectivity index (χ0v) is 27.9. The van der Waals surface area contributed by atoms with Crippen LogP contribution in [-0.2, 0) is 0 Å². The smallest absolute Gasteiger partial charge is 0.0791 e. The summed E-state index contributed by atoms with van der Waals surface area (Å²) in [7, 11) is 0. The van der Waals surface area contributed by atoms with Crippen molar-refractivity contribution in [3.8, 4) is 0 Å². The van der Waals surface area contributed by atoms with Crippen LogP contribution in [0.4, 0.5) is 0 Å². The van der Waals surface area contributed by atoms with Gasteiger partial charge in [-0.15, -0.1) is 0 Å². The van der Waals surface area contributed by atoms with Gasteiger partial charge in [0.15, 0.2) is 0 Å². The van der Waals surface area contributed by atoms with Crippen molar-refractivity contribution in [2.45, 2.75) is 107 Å². The average molecular weight is 589 g/mol. The Morgan fingerprint density at radius 3 is 1.64 bits per heavy atom. The molecule has 0 radical (unpaired) electrons. The zero-order chi connectivity index (χ0) is 31.5. The Morgan fingerprint density at radius 2 is 1.07 bits per heavy atom. The van der Waals surface area contributed by atoms with Gasteiger partial charge in [0.05, 0.1) is 40.5 Å². The molecule has 1 aromatic heterocycles. The highest BCUT2D eigenvalue weighted by Gasteiger charge is 2.34. The van der Waals surface area contributed by atoms with E-state index in [4.69, 9.17) is 15.0 Å². The number of rotatable bonds is 9. The Morgan fingerprint density at radius 1 is 0.568 bits per heavy atom. The second kappa shape index (κ2) is 13.3. The van der Waals surface area contributed by atoms with E-state index in [0.717, 1.165) is 109 Å². The number of aromatic amines is 1. The van der Waals surface area contributed by atoms with Crippen LogP contribution >= 0.6 is 0 Å². The van der Waals surface area contributed by atoms with Crippen LogP contribution in [0.3, 0.4) is 0 Å². The fourth-order valence-corrected chi connectivity index (χ4v) is 7.39. The van der Waals surface area contributed by atoms with Gasteiger partial charge in [0.25, 0.3) is 0 Å². The molecular formula is C39H48N4O. The number of H-pyrrole nitrogens is 1. The highest BCUT2D eigenvalue weighted by atomic mass is 16.2. The molecule has 8 bridgehead atoms. The number of hydrogen-bond acceptors (Lipinski definition) is 4. The van der Waals surface area contributed by atoms with Gasteiger partial charge in [-0.2, -0.15) is 0 Å². The van der Waals surface area contributed by atoms with Crippen LogP contribution < -0.4 is 0 Å². The lowest BCUT2D eigenvalue weighted by atomic mass is 9.87. The van der Waals surface area contributed by atoms with Crippen LogP contribution in [0.1, 0.15) is 118 Å².